The number of rotatable bonds is 2. The third-order valence-corrected chi connectivity index (χ3v) is 4.79. The van der Waals surface area contributed by atoms with E-state index in [9.17, 15) is 44.8 Å². The lowest BCUT2D eigenvalue weighted by molar-refractivity contribution is -0.143. The Morgan fingerprint density at radius 3 is 1.39 bits per heavy atom. The van der Waals surface area contributed by atoms with E-state index in [2.05, 4.69) is 0 Å². The van der Waals surface area contributed by atoms with Crippen LogP contribution in [0.2, 0.25) is 0 Å². The predicted molar refractivity (Wildman–Crippen MR) is 102 cm³/mol. The van der Waals surface area contributed by atoms with Crippen molar-refractivity contribution in [3.8, 4) is 28.3 Å². The van der Waals surface area contributed by atoms with E-state index < -0.39 is 40.8 Å². The van der Waals surface area contributed by atoms with Crippen molar-refractivity contribution >= 4 is 0 Å². The van der Waals surface area contributed by atoms with Gasteiger partial charge >= 0.3 is 18.5 Å². The maximum Gasteiger partial charge on any atom is 0.416 e. The number of nitriles is 1. The highest BCUT2D eigenvalue weighted by Gasteiger charge is 2.37. The third-order valence-electron chi connectivity index (χ3n) is 4.79. The molecular formula is C23H12F9N. The molecule has 0 saturated heterocycles. The second kappa shape index (κ2) is 8.14. The van der Waals surface area contributed by atoms with E-state index in [1.807, 2.05) is 0 Å². The highest BCUT2D eigenvalue weighted by Crippen LogP contribution is 2.41. The number of benzene rings is 3. The van der Waals surface area contributed by atoms with Gasteiger partial charge in [-0.05, 0) is 53.9 Å². The first-order valence-electron chi connectivity index (χ1n) is 9.13. The standard InChI is InChI=1S/C23H12F9N/c1-12-5-13(7-15(6-12)21(24,25)26)18-3-2-4-19(20(18)11-33)14-8-16(22(27,28)29)10-17(9-14)23(30,31)32/h2-10H,1H3. The molecule has 0 aromatic heterocycles. The highest BCUT2D eigenvalue weighted by molar-refractivity contribution is 5.83. The SMILES string of the molecule is Cc1cc(-c2cccc(-c3cc(C(F)(F)F)cc(C(F)(F)F)c3)c2C#N)cc(C(F)(F)F)c1. The topological polar surface area (TPSA) is 23.8 Å². The maximum absolute atomic E-state index is 13.2. The van der Waals surface area contributed by atoms with Crippen LogP contribution in [0.3, 0.4) is 0 Å². The maximum atomic E-state index is 13.2. The summed E-state index contributed by atoms with van der Waals surface area (Å²) in [6, 6.07) is 9.23. The summed E-state index contributed by atoms with van der Waals surface area (Å²) in [5.74, 6) is 0. The Morgan fingerprint density at radius 2 is 1.00 bits per heavy atom. The fourth-order valence-electron chi connectivity index (χ4n) is 3.37. The lowest BCUT2D eigenvalue weighted by atomic mass is 9.89. The molecule has 0 fully saturated rings. The van der Waals surface area contributed by atoms with Gasteiger partial charge in [0.2, 0.25) is 0 Å². The first kappa shape index (κ1) is 24.2. The predicted octanol–water partition coefficient (Wildman–Crippen LogP) is 8.26. The average Bonchev–Trinajstić information content (AvgIpc) is 2.70. The Bertz CT molecular complexity index is 1210. The Morgan fingerprint density at radius 1 is 0.606 bits per heavy atom. The molecule has 0 aliphatic rings. The van der Waals surface area contributed by atoms with Crippen molar-refractivity contribution in [2.24, 2.45) is 0 Å². The van der Waals surface area contributed by atoms with E-state index in [0.29, 0.717) is 12.1 Å². The van der Waals surface area contributed by atoms with Crippen LogP contribution in [-0.2, 0) is 18.5 Å². The summed E-state index contributed by atoms with van der Waals surface area (Å²) in [5.41, 5.74) is -5.24. The van der Waals surface area contributed by atoms with E-state index >= 15 is 0 Å². The van der Waals surface area contributed by atoms with Gasteiger partial charge in [0.05, 0.1) is 22.3 Å². The van der Waals surface area contributed by atoms with E-state index in [4.69, 9.17) is 0 Å². The fraction of sp³-hybridized carbons (Fsp3) is 0.174. The first-order chi connectivity index (χ1) is 15.1. The van der Waals surface area contributed by atoms with Crippen LogP contribution in [0.15, 0.2) is 54.6 Å². The van der Waals surface area contributed by atoms with E-state index in [-0.39, 0.29) is 33.9 Å². The minimum atomic E-state index is -5.10. The highest BCUT2D eigenvalue weighted by atomic mass is 19.4. The molecule has 0 atom stereocenters. The van der Waals surface area contributed by atoms with E-state index in [1.54, 1.807) is 6.07 Å². The summed E-state index contributed by atoms with van der Waals surface area (Å²) in [7, 11) is 0. The van der Waals surface area contributed by atoms with Gasteiger partial charge in [0.15, 0.2) is 0 Å². The number of hydrogen-bond acceptors (Lipinski definition) is 1. The summed E-state index contributed by atoms with van der Waals surface area (Å²) in [6.45, 7) is 1.39. The molecule has 10 heteroatoms. The Labute approximate surface area is 181 Å². The first-order valence-corrected chi connectivity index (χ1v) is 9.13. The molecule has 3 aromatic rings. The Hall–Kier alpha value is -3.48. The quantitative estimate of drug-likeness (QED) is 0.344. The number of hydrogen-bond donors (Lipinski definition) is 0. The molecule has 0 amide bonds. The van der Waals surface area contributed by atoms with E-state index in [0.717, 1.165) is 18.2 Å². The minimum absolute atomic E-state index is 0.0461. The lowest BCUT2D eigenvalue weighted by Crippen LogP contribution is -2.11. The van der Waals surface area contributed by atoms with Crippen LogP contribution in [0.5, 0.6) is 0 Å². The molecule has 1 nitrogen and oxygen atoms in total. The fourth-order valence-corrected chi connectivity index (χ4v) is 3.37. The molecule has 172 valence electrons. The van der Waals surface area contributed by atoms with Crippen molar-refractivity contribution in [1.82, 2.24) is 0 Å². The number of halogens is 9. The number of alkyl halides is 9. The van der Waals surface area contributed by atoms with Crippen molar-refractivity contribution in [2.45, 2.75) is 25.5 Å². The van der Waals surface area contributed by atoms with Crippen LogP contribution in [0.1, 0.15) is 27.8 Å². The van der Waals surface area contributed by atoms with Crippen LogP contribution in [0.25, 0.3) is 22.3 Å². The summed E-state index contributed by atoms with van der Waals surface area (Å²) in [6.07, 6.45) is -14.9. The van der Waals surface area contributed by atoms with Crippen LogP contribution in [-0.4, -0.2) is 0 Å². The van der Waals surface area contributed by atoms with Crippen LogP contribution in [0, 0.1) is 18.3 Å². The molecule has 0 saturated carbocycles. The molecule has 0 heterocycles. The molecule has 0 N–H and O–H groups in total. The van der Waals surface area contributed by atoms with Crippen molar-refractivity contribution in [1.29, 1.82) is 5.26 Å². The molecule has 0 spiro atoms. The zero-order valence-electron chi connectivity index (χ0n) is 16.5. The zero-order chi connectivity index (χ0) is 24.8. The molecule has 3 rings (SSSR count). The molecule has 0 bridgehead atoms. The van der Waals surface area contributed by atoms with Crippen molar-refractivity contribution in [3.05, 3.63) is 82.4 Å². The van der Waals surface area contributed by atoms with Gasteiger partial charge in [0, 0.05) is 11.1 Å². The molecule has 0 aliphatic carbocycles. The second-order valence-electron chi connectivity index (χ2n) is 7.22. The molecule has 3 aromatic carbocycles. The monoisotopic (exact) mass is 473 g/mol. The van der Waals surface area contributed by atoms with Gasteiger partial charge in [0.1, 0.15) is 6.07 Å². The van der Waals surface area contributed by atoms with Gasteiger partial charge in [-0.1, -0.05) is 24.3 Å². The van der Waals surface area contributed by atoms with E-state index in [1.165, 1.54) is 25.1 Å². The van der Waals surface area contributed by atoms with Crippen LogP contribution < -0.4 is 0 Å². The molecule has 0 radical (unpaired) electrons. The second-order valence-corrected chi connectivity index (χ2v) is 7.22. The van der Waals surface area contributed by atoms with Gasteiger partial charge < -0.3 is 0 Å². The Kier molecular flexibility index (Phi) is 5.96. The third kappa shape index (κ3) is 5.13. The van der Waals surface area contributed by atoms with Gasteiger partial charge in [-0.25, -0.2) is 0 Å². The van der Waals surface area contributed by atoms with Crippen molar-refractivity contribution < 1.29 is 39.5 Å². The van der Waals surface area contributed by atoms with Gasteiger partial charge in [-0.15, -0.1) is 0 Å². The molecule has 33 heavy (non-hydrogen) atoms. The Balaban J connectivity index is 2.30. The van der Waals surface area contributed by atoms with Gasteiger partial charge in [-0.3, -0.25) is 0 Å². The van der Waals surface area contributed by atoms with Gasteiger partial charge in [-0.2, -0.15) is 44.8 Å². The molecule has 0 unspecified atom stereocenters. The smallest absolute Gasteiger partial charge is 0.192 e. The van der Waals surface area contributed by atoms with Crippen LogP contribution >= 0.6 is 0 Å². The number of nitrogens with zero attached hydrogens (tertiary/aromatic N) is 1. The average molecular weight is 473 g/mol. The zero-order valence-corrected chi connectivity index (χ0v) is 16.5. The summed E-state index contributed by atoms with van der Waals surface area (Å²) in [4.78, 5) is 0. The largest absolute Gasteiger partial charge is 0.416 e. The summed E-state index contributed by atoms with van der Waals surface area (Å²) in [5, 5.41) is 9.66. The lowest BCUT2D eigenvalue weighted by Gasteiger charge is -2.17. The van der Waals surface area contributed by atoms with Crippen molar-refractivity contribution in [2.75, 3.05) is 0 Å². The van der Waals surface area contributed by atoms with Crippen molar-refractivity contribution in [3.63, 3.8) is 0 Å². The molecule has 0 aliphatic heterocycles. The number of aryl methyl sites for hydroxylation is 1. The normalized spacial score (nSPS) is 12.5. The summed E-state index contributed by atoms with van der Waals surface area (Å²) >= 11 is 0. The van der Waals surface area contributed by atoms with Gasteiger partial charge in [0.25, 0.3) is 0 Å². The minimum Gasteiger partial charge on any atom is -0.192 e. The summed E-state index contributed by atoms with van der Waals surface area (Å²) < 4.78 is 119. The van der Waals surface area contributed by atoms with Crippen LogP contribution in [0.4, 0.5) is 39.5 Å². The molecular weight excluding hydrogens is 461 g/mol.